The topological polar surface area (TPSA) is 86.8 Å². The van der Waals surface area contributed by atoms with Gasteiger partial charge in [0.25, 0.3) is 0 Å². The summed E-state index contributed by atoms with van der Waals surface area (Å²) in [7, 11) is -3.91. The number of rotatable bonds is 10. The quantitative estimate of drug-likeness (QED) is 0.388. The van der Waals surface area contributed by atoms with Gasteiger partial charge in [0.2, 0.25) is 21.8 Å². The second-order valence-electron chi connectivity index (χ2n) is 9.26. The Morgan fingerprint density at radius 2 is 1.68 bits per heavy atom. The number of sulfonamides is 1. The van der Waals surface area contributed by atoms with Gasteiger partial charge in [-0.25, -0.2) is 8.42 Å². The van der Waals surface area contributed by atoms with E-state index in [2.05, 4.69) is 5.32 Å². The molecule has 1 saturated carbocycles. The van der Waals surface area contributed by atoms with Crippen molar-refractivity contribution < 1.29 is 18.0 Å². The van der Waals surface area contributed by atoms with Gasteiger partial charge in [-0.3, -0.25) is 13.9 Å². The number of halogens is 3. The number of amides is 2. The van der Waals surface area contributed by atoms with E-state index in [1.165, 1.54) is 17.0 Å². The summed E-state index contributed by atoms with van der Waals surface area (Å²) in [5.41, 5.74) is 0.851. The van der Waals surface area contributed by atoms with E-state index in [9.17, 15) is 18.0 Å². The van der Waals surface area contributed by atoms with Gasteiger partial charge in [0.1, 0.15) is 12.6 Å². The fourth-order valence-corrected chi connectivity index (χ4v) is 5.96. The molecule has 0 spiro atoms. The molecule has 3 rings (SSSR count). The van der Waals surface area contributed by atoms with Crippen LogP contribution in [0.5, 0.6) is 0 Å². The van der Waals surface area contributed by atoms with Gasteiger partial charge >= 0.3 is 0 Å². The van der Waals surface area contributed by atoms with Crippen LogP contribution in [0.3, 0.4) is 0 Å². The number of carbonyl (C=O) groups is 2. The molecule has 0 aliphatic heterocycles. The maximum absolute atomic E-state index is 13.8. The lowest BCUT2D eigenvalue weighted by molar-refractivity contribution is -0.140. The molecule has 7 nitrogen and oxygen atoms in total. The predicted octanol–water partition coefficient (Wildman–Crippen LogP) is 5.67. The van der Waals surface area contributed by atoms with E-state index in [0.29, 0.717) is 11.4 Å². The summed E-state index contributed by atoms with van der Waals surface area (Å²) < 4.78 is 26.4. The minimum atomic E-state index is -3.91. The molecule has 1 unspecified atom stereocenters. The molecule has 0 radical (unpaired) electrons. The summed E-state index contributed by atoms with van der Waals surface area (Å²) in [6.45, 7) is 1.39. The molecule has 37 heavy (non-hydrogen) atoms. The van der Waals surface area contributed by atoms with Crippen LogP contribution in [0.25, 0.3) is 0 Å². The van der Waals surface area contributed by atoms with Crippen molar-refractivity contribution in [2.24, 2.45) is 0 Å². The van der Waals surface area contributed by atoms with Gasteiger partial charge < -0.3 is 10.2 Å². The molecule has 2 amide bonds. The average Bonchev–Trinajstić information content (AvgIpc) is 2.85. The Kier molecular flexibility index (Phi) is 10.5. The Bertz CT molecular complexity index is 1200. The third kappa shape index (κ3) is 7.99. The normalized spacial score (nSPS) is 15.2. The molecule has 2 aromatic carbocycles. The highest BCUT2D eigenvalue weighted by Gasteiger charge is 2.33. The maximum atomic E-state index is 13.8. The van der Waals surface area contributed by atoms with Gasteiger partial charge in [-0.05, 0) is 49.1 Å². The molecular weight excluding hydrogens is 557 g/mol. The van der Waals surface area contributed by atoms with Crippen molar-refractivity contribution in [2.75, 3.05) is 17.1 Å². The molecule has 0 heterocycles. The standard InChI is InChI=1S/C26H32Cl3N3O4S/c1-3-22(26(34)30-20-8-5-4-6-9-20)31(16-18-12-14-19(27)15-13-18)24(33)17-32(37(2,35)36)23-11-7-10-21(28)25(23)29/h7,10-15,20,22H,3-6,8-9,16-17H2,1-2H3,(H,30,34). The van der Waals surface area contributed by atoms with Crippen LogP contribution >= 0.6 is 34.8 Å². The van der Waals surface area contributed by atoms with Crippen LogP contribution in [0.1, 0.15) is 51.0 Å². The Labute approximate surface area is 234 Å². The Morgan fingerprint density at radius 1 is 1.03 bits per heavy atom. The zero-order valence-electron chi connectivity index (χ0n) is 20.9. The minimum absolute atomic E-state index is 0.0220. The Hall–Kier alpha value is -2.00. The molecule has 0 aromatic heterocycles. The van der Waals surface area contributed by atoms with Crippen molar-refractivity contribution in [3.8, 4) is 0 Å². The summed E-state index contributed by atoms with van der Waals surface area (Å²) in [6.07, 6.45) is 6.42. The van der Waals surface area contributed by atoms with Gasteiger partial charge in [0, 0.05) is 17.6 Å². The third-order valence-electron chi connectivity index (χ3n) is 6.48. The fraction of sp³-hybridized carbons (Fsp3) is 0.462. The zero-order valence-corrected chi connectivity index (χ0v) is 24.0. The Morgan fingerprint density at radius 3 is 2.27 bits per heavy atom. The summed E-state index contributed by atoms with van der Waals surface area (Å²) in [4.78, 5) is 28.6. The average molecular weight is 589 g/mol. The lowest BCUT2D eigenvalue weighted by Crippen LogP contribution is -2.54. The SMILES string of the molecule is CCC(C(=O)NC1CCCCC1)N(Cc1ccc(Cl)cc1)C(=O)CN(c1cccc(Cl)c1Cl)S(C)(=O)=O. The second-order valence-corrected chi connectivity index (χ2v) is 12.4. The van der Waals surface area contributed by atoms with Gasteiger partial charge in [-0.2, -0.15) is 0 Å². The van der Waals surface area contributed by atoms with Gasteiger partial charge in [0.15, 0.2) is 0 Å². The first-order valence-corrected chi connectivity index (χ1v) is 15.3. The highest BCUT2D eigenvalue weighted by molar-refractivity contribution is 7.92. The molecule has 2 aromatic rings. The summed E-state index contributed by atoms with van der Waals surface area (Å²) in [6, 6.07) is 10.8. The van der Waals surface area contributed by atoms with Gasteiger partial charge in [-0.15, -0.1) is 0 Å². The molecule has 0 bridgehead atoms. The molecule has 1 fully saturated rings. The molecular formula is C26H32Cl3N3O4S. The van der Waals surface area contributed by atoms with Crippen molar-refractivity contribution in [1.29, 1.82) is 0 Å². The fourth-order valence-electron chi connectivity index (χ4n) is 4.53. The van der Waals surface area contributed by atoms with Gasteiger partial charge in [-0.1, -0.05) is 79.2 Å². The summed E-state index contributed by atoms with van der Waals surface area (Å²) in [5, 5.41) is 3.84. The lowest BCUT2D eigenvalue weighted by atomic mass is 9.95. The first-order chi connectivity index (χ1) is 17.5. The van der Waals surface area contributed by atoms with Crippen LogP contribution in [0.4, 0.5) is 5.69 Å². The number of anilines is 1. The number of nitrogens with one attached hydrogen (secondary N) is 1. The molecule has 202 valence electrons. The lowest BCUT2D eigenvalue weighted by Gasteiger charge is -2.34. The number of hydrogen-bond acceptors (Lipinski definition) is 4. The zero-order chi connectivity index (χ0) is 27.2. The number of nitrogens with zero attached hydrogens (tertiary/aromatic N) is 2. The molecule has 1 atom stereocenters. The number of carbonyl (C=O) groups excluding carboxylic acids is 2. The molecule has 1 aliphatic carbocycles. The van der Waals surface area contributed by atoms with E-state index in [0.717, 1.165) is 48.2 Å². The maximum Gasteiger partial charge on any atom is 0.244 e. The molecule has 11 heteroatoms. The van der Waals surface area contributed by atoms with Crippen molar-refractivity contribution in [3.05, 3.63) is 63.1 Å². The van der Waals surface area contributed by atoms with E-state index in [-0.39, 0.29) is 34.2 Å². The molecule has 0 saturated heterocycles. The van der Waals surface area contributed by atoms with Crippen molar-refractivity contribution in [2.45, 2.75) is 64.1 Å². The van der Waals surface area contributed by atoms with E-state index >= 15 is 0 Å². The molecule has 1 aliphatic rings. The van der Waals surface area contributed by atoms with Gasteiger partial charge in [0.05, 0.1) is 22.0 Å². The highest BCUT2D eigenvalue weighted by atomic mass is 35.5. The third-order valence-corrected chi connectivity index (χ3v) is 8.67. The van der Waals surface area contributed by atoms with Crippen molar-refractivity contribution in [3.63, 3.8) is 0 Å². The van der Waals surface area contributed by atoms with E-state index in [4.69, 9.17) is 34.8 Å². The number of benzene rings is 2. The smallest absolute Gasteiger partial charge is 0.244 e. The van der Waals surface area contributed by atoms with Crippen LogP contribution in [0.15, 0.2) is 42.5 Å². The highest BCUT2D eigenvalue weighted by Crippen LogP contribution is 2.34. The van der Waals surface area contributed by atoms with Crippen LogP contribution in [-0.4, -0.2) is 50.0 Å². The van der Waals surface area contributed by atoms with Crippen LogP contribution in [-0.2, 0) is 26.2 Å². The second kappa shape index (κ2) is 13.2. The minimum Gasteiger partial charge on any atom is -0.352 e. The monoisotopic (exact) mass is 587 g/mol. The molecule has 1 N–H and O–H groups in total. The van der Waals surface area contributed by atoms with Crippen molar-refractivity contribution >= 4 is 62.3 Å². The van der Waals surface area contributed by atoms with Crippen LogP contribution < -0.4 is 9.62 Å². The van der Waals surface area contributed by atoms with E-state index in [1.807, 2.05) is 6.92 Å². The van der Waals surface area contributed by atoms with E-state index < -0.39 is 28.5 Å². The van der Waals surface area contributed by atoms with Crippen molar-refractivity contribution in [1.82, 2.24) is 10.2 Å². The number of hydrogen-bond donors (Lipinski definition) is 1. The summed E-state index contributed by atoms with van der Waals surface area (Å²) in [5.74, 6) is -0.787. The predicted molar refractivity (Wildman–Crippen MR) is 150 cm³/mol. The first kappa shape index (κ1) is 29.6. The van der Waals surface area contributed by atoms with Crippen LogP contribution in [0, 0.1) is 0 Å². The summed E-state index contributed by atoms with van der Waals surface area (Å²) >= 11 is 18.5. The van der Waals surface area contributed by atoms with Crippen LogP contribution in [0.2, 0.25) is 15.1 Å². The largest absolute Gasteiger partial charge is 0.352 e. The van der Waals surface area contributed by atoms with E-state index in [1.54, 1.807) is 30.3 Å². The Balaban J connectivity index is 1.93. The first-order valence-electron chi connectivity index (χ1n) is 12.3.